The van der Waals surface area contributed by atoms with Gasteiger partial charge in [0.2, 0.25) is 11.9 Å². The average molecular weight is 373 g/mol. The Balaban J connectivity index is 1.80. The van der Waals surface area contributed by atoms with Crippen LogP contribution < -0.4 is 10.9 Å². The summed E-state index contributed by atoms with van der Waals surface area (Å²) in [6.07, 6.45) is -0.486. The van der Waals surface area contributed by atoms with Crippen LogP contribution in [0.25, 0.3) is 0 Å². The van der Waals surface area contributed by atoms with Gasteiger partial charge in [0.25, 0.3) is 5.56 Å². The number of aryl methyl sites for hydroxylation is 1. The minimum atomic E-state index is -0.486. The number of fused-ring (bicyclic) bond motifs is 1. The predicted molar refractivity (Wildman–Crippen MR) is 103 cm³/mol. The van der Waals surface area contributed by atoms with E-state index >= 15 is 0 Å². The lowest BCUT2D eigenvalue weighted by Crippen LogP contribution is -2.51. The second-order valence-corrected chi connectivity index (χ2v) is 7.16. The maximum atomic E-state index is 12.6. The Labute approximate surface area is 156 Å². The molecule has 1 aromatic carbocycles. The lowest BCUT2D eigenvalue weighted by atomic mass is 10.1. The van der Waals surface area contributed by atoms with Gasteiger partial charge in [0.1, 0.15) is 0 Å². The minimum absolute atomic E-state index is 0.133. The van der Waals surface area contributed by atoms with Crippen LogP contribution in [0, 0.1) is 6.92 Å². The number of halogens is 1. The first-order chi connectivity index (χ1) is 12.5. The van der Waals surface area contributed by atoms with E-state index in [9.17, 15) is 4.79 Å². The largest absolute Gasteiger partial charge is 0.340 e. The molecule has 0 amide bonds. The molecule has 8 heteroatoms. The molecule has 2 aliphatic heterocycles. The zero-order chi connectivity index (χ0) is 18.3. The molecule has 1 atom stereocenters. The Morgan fingerprint density at radius 2 is 1.96 bits per heavy atom. The molecule has 1 saturated heterocycles. The number of guanidine groups is 1. The van der Waals surface area contributed by atoms with Crippen LogP contribution in [0.2, 0.25) is 5.02 Å². The molecule has 0 radical (unpaired) electrons. The number of hydrogen-bond acceptors (Lipinski definition) is 6. The summed E-state index contributed by atoms with van der Waals surface area (Å²) in [5.41, 5.74) is 1.41. The summed E-state index contributed by atoms with van der Waals surface area (Å²) in [4.78, 5) is 26.5. The fraction of sp³-hybridized carbons (Fsp3) is 0.389. The van der Waals surface area contributed by atoms with Crippen LogP contribution in [0.15, 0.2) is 40.1 Å². The zero-order valence-electron chi connectivity index (χ0n) is 14.8. The molecule has 0 aliphatic carbocycles. The van der Waals surface area contributed by atoms with E-state index in [-0.39, 0.29) is 5.56 Å². The van der Waals surface area contributed by atoms with Gasteiger partial charge in [0.15, 0.2) is 6.17 Å². The average Bonchev–Trinajstić information content (AvgIpc) is 2.61. The van der Waals surface area contributed by atoms with Crippen LogP contribution in [0.4, 0.5) is 5.95 Å². The number of hydrogen-bond donors (Lipinski definition) is 1. The molecule has 4 rings (SSSR count). The molecule has 1 N–H and O–H groups in total. The molecular weight excluding hydrogens is 352 g/mol. The van der Waals surface area contributed by atoms with Crippen molar-refractivity contribution in [3.05, 3.63) is 57.0 Å². The Bertz CT molecular complexity index is 916. The number of aliphatic imine (C=N–C) groups is 1. The van der Waals surface area contributed by atoms with E-state index in [1.54, 1.807) is 4.57 Å². The number of nitrogens with one attached hydrogen (secondary N) is 1. The zero-order valence-corrected chi connectivity index (χ0v) is 15.6. The van der Waals surface area contributed by atoms with Crippen molar-refractivity contribution in [3.63, 3.8) is 0 Å². The van der Waals surface area contributed by atoms with Gasteiger partial charge in [-0.1, -0.05) is 23.7 Å². The maximum absolute atomic E-state index is 12.6. The summed E-state index contributed by atoms with van der Waals surface area (Å²) >= 11 is 6.17. The number of aromatic nitrogens is 2. The first kappa shape index (κ1) is 17.1. The quantitative estimate of drug-likeness (QED) is 0.826. The lowest BCUT2D eigenvalue weighted by molar-refractivity contribution is 0.213. The highest BCUT2D eigenvalue weighted by Crippen LogP contribution is 2.27. The van der Waals surface area contributed by atoms with Gasteiger partial charge in [-0.2, -0.15) is 0 Å². The van der Waals surface area contributed by atoms with Crippen molar-refractivity contribution < 1.29 is 0 Å². The third kappa shape index (κ3) is 3.20. The van der Waals surface area contributed by atoms with Gasteiger partial charge >= 0.3 is 0 Å². The molecule has 0 spiro atoms. The number of benzene rings is 1. The molecule has 2 aliphatic rings. The Morgan fingerprint density at radius 1 is 1.19 bits per heavy atom. The molecule has 0 saturated carbocycles. The van der Waals surface area contributed by atoms with E-state index in [1.807, 2.05) is 31.2 Å². The van der Waals surface area contributed by atoms with E-state index in [4.69, 9.17) is 16.6 Å². The second kappa shape index (κ2) is 6.74. The Kier molecular flexibility index (Phi) is 4.42. The fourth-order valence-corrected chi connectivity index (χ4v) is 3.50. The van der Waals surface area contributed by atoms with Gasteiger partial charge in [-0.25, -0.2) is 9.98 Å². The summed E-state index contributed by atoms with van der Waals surface area (Å²) < 4.78 is 1.58. The highest BCUT2D eigenvalue weighted by Gasteiger charge is 2.28. The smallest absolute Gasteiger partial charge is 0.257 e. The third-order valence-electron chi connectivity index (χ3n) is 4.74. The van der Waals surface area contributed by atoms with Crippen molar-refractivity contribution >= 4 is 23.5 Å². The van der Waals surface area contributed by atoms with E-state index < -0.39 is 6.17 Å². The standard InChI is InChI=1S/C18H21ClN6O/c1-12-10-15(26)25-16(13-4-3-5-14(19)11-13)21-17(22-18(25)20-12)24-8-6-23(2)7-9-24/h3-5,10-11,16H,6-9H2,1-2H3,(H,20,21,22)/t16-/m0/s1. The number of likely N-dealkylation sites (N-methyl/N-ethyl adjacent to an activating group) is 1. The van der Waals surface area contributed by atoms with Gasteiger partial charge in [0.05, 0.1) is 0 Å². The predicted octanol–water partition coefficient (Wildman–Crippen LogP) is 1.78. The summed E-state index contributed by atoms with van der Waals surface area (Å²) in [6, 6.07) is 8.99. The summed E-state index contributed by atoms with van der Waals surface area (Å²) in [5.74, 6) is 1.27. The molecule has 0 unspecified atom stereocenters. The number of anilines is 1. The van der Waals surface area contributed by atoms with Crippen LogP contribution in [0.3, 0.4) is 0 Å². The van der Waals surface area contributed by atoms with E-state index in [0.717, 1.165) is 37.7 Å². The van der Waals surface area contributed by atoms with Crippen LogP contribution >= 0.6 is 11.6 Å². The number of piperazine rings is 1. The third-order valence-corrected chi connectivity index (χ3v) is 4.98. The molecule has 136 valence electrons. The second-order valence-electron chi connectivity index (χ2n) is 6.73. The Hall–Kier alpha value is -2.38. The van der Waals surface area contributed by atoms with E-state index in [1.165, 1.54) is 6.07 Å². The van der Waals surface area contributed by atoms with Gasteiger partial charge in [-0.15, -0.1) is 0 Å². The van der Waals surface area contributed by atoms with Crippen molar-refractivity contribution in [1.29, 1.82) is 0 Å². The molecule has 0 bridgehead atoms. The maximum Gasteiger partial charge on any atom is 0.257 e. The fourth-order valence-electron chi connectivity index (χ4n) is 3.31. The molecule has 1 aromatic heterocycles. The molecular formula is C18H21ClN6O. The summed E-state index contributed by atoms with van der Waals surface area (Å²) in [6.45, 7) is 5.51. The lowest BCUT2D eigenvalue weighted by Gasteiger charge is -2.37. The highest BCUT2D eigenvalue weighted by molar-refractivity contribution is 6.30. The monoisotopic (exact) mass is 372 g/mol. The Morgan fingerprint density at radius 3 is 2.69 bits per heavy atom. The first-order valence-corrected chi connectivity index (χ1v) is 9.03. The van der Waals surface area contributed by atoms with Crippen LogP contribution in [-0.4, -0.2) is 58.5 Å². The summed E-state index contributed by atoms with van der Waals surface area (Å²) in [7, 11) is 2.11. The van der Waals surface area contributed by atoms with Crippen LogP contribution in [0.1, 0.15) is 17.4 Å². The van der Waals surface area contributed by atoms with Gasteiger partial charge in [-0.3, -0.25) is 14.7 Å². The van der Waals surface area contributed by atoms with Crippen LogP contribution in [0.5, 0.6) is 0 Å². The normalized spacial score (nSPS) is 20.3. The van der Waals surface area contributed by atoms with Crippen LogP contribution in [-0.2, 0) is 0 Å². The molecule has 1 fully saturated rings. The van der Waals surface area contributed by atoms with Gasteiger partial charge in [0, 0.05) is 43.0 Å². The van der Waals surface area contributed by atoms with E-state index in [2.05, 4.69) is 27.1 Å². The minimum Gasteiger partial charge on any atom is -0.340 e. The summed E-state index contributed by atoms with van der Waals surface area (Å²) in [5, 5.41) is 3.87. The van der Waals surface area contributed by atoms with Gasteiger partial charge < -0.3 is 9.80 Å². The highest BCUT2D eigenvalue weighted by atomic mass is 35.5. The SMILES string of the molecule is Cc1cc(=O)n2c(n1)NC(N1CCN(C)CC1)=N[C@@H]2c1cccc(Cl)c1. The van der Waals surface area contributed by atoms with Crippen molar-refractivity contribution in [3.8, 4) is 0 Å². The molecule has 3 heterocycles. The topological polar surface area (TPSA) is 65.8 Å². The van der Waals surface area contributed by atoms with Gasteiger partial charge in [-0.05, 0) is 31.7 Å². The molecule has 26 heavy (non-hydrogen) atoms. The molecule has 2 aromatic rings. The van der Waals surface area contributed by atoms with Crippen molar-refractivity contribution in [2.24, 2.45) is 4.99 Å². The number of nitrogens with zero attached hydrogens (tertiary/aromatic N) is 5. The first-order valence-electron chi connectivity index (χ1n) is 8.65. The number of rotatable bonds is 1. The molecule has 7 nitrogen and oxygen atoms in total. The van der Waals surface area contributed by atoms with Crippen molar-refractivity contribution in [2.75, 3.05) is 38.5 Å². The van der Waals surface area contributed by atoms with E-state index in [0.29, 0.717) is 16.7 Å². The van der Waals surface area contributed by atoms with Crippen molar-refractivity contribution in [1.82, 2.24) is 19.4 Å². The van der Waals surface area contributed by atoms with Crippen molar-refractivity contribution in [2.45, 2.75) is 13.1 Å².